The van der Waals surface area contributed by atoms with Gasteiger partial charge in [-0.05, 0) is 43.5 Å². The first kappa shape index (κ1) is 19.1. The zero-order valence-corrected chi connectivity index (χ0v) is 14.0. The Labute approximate surface area is 144 Å². The smallest absolute Gasteiger partial charge is 0.343 e. The van der Waals surface area contributed by atoms with Crippen LogP contribution in [0.3, 0.4) is 0 Å². The maximum absolute atomic E-state index is 12.5. The predicted molar refractivity (Wildman–Crippen MR) is 88.1 cm³/mol. The number of amides is 3. The molecule has 1 aliphatic heterocycles. The molecule has 0 aliphatic carbocycles. The van der Waals surface area contributed by atoms with Crippen LogP contribution < -0.4 is 10.6 Å². The Morgan fingerprint density at radius 2 is 1.76 bits per heavy atom. The van der Waals surface area contributed by atoms with Crippen molar-refractivity contribution in [3.05, 3.63) is 29.8 Å². The first-order valence-corrected chi connectivity index (χ1v) is 8.32. The van der Waals surface area contributed by atoms with Crippen molar-refractivity contribution in [2.24, 2.45) is 0 Å². The number of urea groups is 1. The summed E-state index contributed by atoms with van der Waals surface area (Å²) in [7, 11) is 0. The normalized spacial score (nSPS) is 15.8. The largest absolute Gasteiger partial charge is 0.416 e. The van der Waals surface area contributed by atoms with Crippen molar-refractivity contribution >= 4 is 17.6 Å². The molecule has 1 aromatic carbocycles. The number of halogens is 3. The standard InChI is InChI=1S/C17H22F3N3O2/c1-2-3-15(24)23-10-8-14(9-11-23)22-16(25)21-13-6-4-12(5-7-13)17(18,19)20/h4-7,14H,2-3,8-11H2,1H3,(H2,21,22,25). The van der Waals surface area contributed by atoms with E-state index in [-0.39, 0.29) is 11.9 Å². The molecule has 2 rings (SSSR count). The van der Waals surface area contributed by atoms with Crippen molar-refractivity contribution in [1.82, 2.24) is 10.2 Å². The predicted octanol–water partition coefficient (Wildman–Crippen LogP) is 3.62. The summed E-state index contributed by atoms with van der Waals surface area (Å²) in [4.78, 5) is 25.6. The van der Waals surface area contributed by atoms with Crippen LogP contribution in [0.15, 0.2) is 24.3 Å². The van der Waals surface area contributed by atoms with E-state index in [1.54, 1.807) is 4.90 Å². The Hall–Kier alpha value is -2.25. The zero-order valence-electron chi connectivity index (χ0n) is 14.0. The van der Waals surface area contributed by atoms with Gasteiger partial charge in [0.2, 0.25) is 5.91 Å². The summed E-state index contributed by atoms with van der Waals surface area (Å²) < 4.78 is 37.5. The van der Waals surface area contributed by atoms with E-state index >= 15 is 0 Å². The van der Waals surface area contributed by atoms with Crippen molar-refractivity contribution in [2.75, 3.05) is 18.4 Å². The monoisotopic (exact) mass is 357 g/mol. The number of nitrogens with one attached hydrogen (secondary N) is 2. The van der Waals surface area contributed by atoms with Crippen LogP contribution in [0.25, 0.3) is 0 Å². The van der Waals surface area contributed by atoms with Crippen LogP contribution in [0.1, 0.15) is 38.2 Å². The third kappa shape index (κ3) is 5.65. The van der Waals surface area contributed by atoms with E-state index in [9.17, 15) is 22.8 Å². The van der Waals surface area contributed by atoms with Crippen LogP contribution in [0.4, 0.5) is 23.7 Å². The van der Waals surface area contributed by atoms with Crippen LogP contribution in [-0.2, 0) is 11.0 Å². The summed E-state index contributed by atoms with van der Waals surface area (Å²) in [6.07, 6.45) is -1.73. The molecule has 0 bridgehead atoms. The fourth-order valence-corrected chi connectivity index (χ4v) is 2.74. The molecule has 8 heteroatoms. The van der Waals surface area contributed by atoms with Gasteiger partial charge in [-0.15, -0.1) is 0 Å². The number of carbonyl (C=O) groups excluding carboxylic acids is 2. The van der Waals surface area contributed by atoms with Crippen LogP contribution in [0.2, 0.25) is 0 Å². The quantitative estimate of drug-likeness (QED) is 0.865. The molecule has 2 N–H and O–H groups in total. The molecular formula is C17H22F3N3O2. The molecule has 25 heavy (non-hydrogen) atoms. The van der Waals surface area contributed by atoms with Crippen LogP contribution >= 0.6 is 0 Å². The van der Waals surface area contributed by atoms with Crippen molar-refractivity contribution in [3.63, 3.8) is 0 Å². The third-order valence-electron chi connectivity index (χ3n) is 4.12. The molecule has 0 radical (unpaired) electrons. The van der Waals surface area contributed by atoms with Gasteiger partial charge in [-0.2, -0.15) is 13.2 Å². The average Bonchev–Trinajstić information content (AvgIpc) is 2.55. The molecule has 0 unspecified atom stereocenters. The first-order chi connectivity index (χ1) is 11.8. The molecule has 0 spiro atoms. The van der Waals surface area contributed by atoms with E-state index < -0.39 is 17.8 Å². The van der Waals surface area contributed by atoms with Crippen LogP contribution in [0, 0.1) is 0 Å². The molecule has 3 amide bonds. The summed E-state index contributed by atoms with van der Waals surface area (Å²) in [5, 5.41) is 5.32. The highest BCUT2D eigenvalue weighted by Crippen LogP contribution is 2.29. The second kappa shape index (κ2) is 8.22. The van der Waals surface area contributed by atoms with Gasteiger partial charge in [-0.1, -0.05) is 6.92 Å². The number of hydrogen-bond acceptors (Lipinski definition) is 2. The number of nitrogens with zero attached hydrogens (tertiary/aromatic N) is 1. The fraction of sp³-hybridized carbons (Fsp3) is 0.529. The second-order valence-electron chi connectivity index (χ2n) is 6.08. The number of likely N-dealkylation sites (tertiary alicyclic amines) is 1. The van der Waals surface area contributed by atoms with Crippen molar-refractivity contribution in [1.29, 1.82) is 0 Å². The highest BCUT2D eigenvalue weighted by molar-refractivity contribution is 5.89. The summed E-state index contributed by atoms with van der Waals surface area (Å²) in [5.41, 5.74) is -0.469. The second-order valence-corrected chi connectivity index (χ2v) is 6.08. The lowest BCUT2D eigenvalue weighted by atomic mass is 10.0. The van der Waals surface area contributed by atoms with Gasteiger partial charge in [0.1, 0.15) is 0 Å². The average molecular weight is 357 g/mol. The van der Waals surface area contributed by atoms with Gasteiger partial charge in [-0.25, -0.2) is 4.79 Å². The maximum atomic E-state index is 12.5. The minimum absolute atomic E-state index is 0.0554. The fourth-order valence-electron chi connectivity index (χ4n) is 2.74. The van der Waals surface area contributed by atoms with E-state index in [4.69, 9.17) is 0 Å². The van der Waals surface area contributed by atoms with Gasteiger partial charge in [0.25, 0.3) is 0 Å². The molecule has 138 valence electrons. The Morgan fingerprint density at radius 3 is 2.28 bits per heavy atom. The third-order valence-corrected chi connectivity index (χ3v) is 4.12. The number of carbonyl (C=O) groups is 2. The summed E-state index contributed by atoms with van der Waals surface area (Å²) in [5.74, 6) is 0.134. The van der Waals surface area contributed by atoms with E-state index in [1.165, 1.54) is 12.1 Å². The van der Waals surface area contributed by atoms with Crippen molar-refractivity contribution < 1.29 is 22.8 Å². The Balaban J connectivity index is 1.78. The van der Waals surface area contributed by atoms with Gasteiger partial charge in [-0.3, -0.25) is 4.79 Å². The molecule has 0 atom stereocenters. The summed E-state index contributed by atoms with van der Waals surface area (Å²) in [6, 6.07) is 3.77. The molecule has 0 aromatic heterocycles. The highest BCUT2D eigenvalue weighted by atomic mass is 19.4. The van der Waals surface area contributed by atoms with E-state index in [1.807, 2.05) is 6.92 Å². The topological polar surface area (TPSA) is 61.4 Å². The number of anilines is 1. The van der Waals surface area contributed by atoms with Gasteiger partial charge in [0.05, 0.1) is 5.56 Å². The van der Waals surface area contributed by atoms with Crippen LogP contribution in [0.5, 0.6) is 0 Å². The minimum Gasteiger partial charge on any atom is -0.343 e. The van der Waals surface area contributed by atoms with E-state index in [2.05, 4.69) is 10.6 Å². The number of hydrogen-bond donors (Lipinski definition) is 2. The summed E-state index contributed by atoms with van der Waals surface area (Å²) >= 11 is 0. The van der Waals surface area contributed by atoms with Crippen LogP contribution in [-0.4, -0.2) is 36.0 Å². The number of alkyl halides is 3. The molecular weight excluding hydrogens is 335 g/mol. The molecule has 1 saturated heterocycles. The van der Waals surface area contributed by atoms with Gasteiger partial charge >= 0.3 is 12.2 Å². The Kier molecular flexibility index (Phi) is 6.27. The molecule has 5 nitrogen and oxygen atoms in total. The Bertz CT molecular complexity index is 594. The van der Waals surface area contributed by atoms with E-state index in [0.29, 0.717) is 38.0 Å². The van der Waals surface area contributed by atoms with Gasteiger partial charge in [0.15, 0.2) is 0 Å². The first-order valence-electron chi connectivity index (χ1n) is 8.32. The van der Waals surface area contributed by atoms with E-state index in [0.717, 1.165) is 18.6 Å². The number of rotatable bonds is 4. The Morgan fingerprint density at radius 1 is 1.16 bits per heavy atom. The number of benzene rings is 1. The SMILES string of the molecule is CCCC(=O)N1CCC(NC(=O)Nc2ccc(C(F)(F)F)cc2)CC1. The van der Waals surface area contributed by atoms with Crippen molar-refractivity contribution in [2.45, 2.75) is 44.8 Å². The lowest BCUT2D eigenvalue weighted by Gasteiger charge is -2.32. The number of piperidine rings is 1. The maximum Gasteiger partial charge on any atom is 0.416 e. The minimum atomic E-state index is -4.40. The van der Waals surface area contributed by atoms with Crippen molar-refractivity contribution in [3.8, 4) is 0 Å². The summed E-state index contributed by atoms with van der Waals surface area (Å²) in [6.45, 7) is 3.16. The zero-order chi connectivity index (χ0) is 18.4. The molecule has 1 aromatic rings. The molecule has 1 fully saturated rings. The molecule has 1 aliphatic rings. The highest BCUT2D eigenvalue weighted by Gasteiger charge is 2.30. The van der Waals surface area contributed by atoms with Gasteiger partial charge in [0, 0.05) is 31.2 Å². The molecule has 1 heterocycles. The lowest BCUT2D eigenvalue weighted by Crippen LogP contribution is -2.47. The van der Waals surface area contributed by atoms with Gasteiger partial charge < -0.3 is 15.5 Å². The lowest BCUT2D eigenvalue weighted by molar-refractivity contribution is -0.137. The molecule has 0 saturated carbocycles.